The molecular formula is C8H14N4S. The summed E-state index contributed by atoms with van der Waals surface area (Å²) in [4.78, 5) is 8.17. The summed E-state index contributed by atoms with van der Waals surface area (Å²) in [6, 6.07) is 0. The molecule has 1 aromatic heterocycles. The van der Waals surface area contributed by atoms with E-state index >= 15 is 0 Å². The highest BCUT2D eigenvalue weighted by molar-refractivity contribution is 7.13. The lowest BCUT2D eigenvalue weighted by molar-refractivity contribution is 0.714. The van der Waals surface area contributed by atoms with Crippen LogP contribution in [0.5, 0.6) is 0 Å². The van der Waals surface area contributed by atoms with E-state index < -0.39 is 0 Å². The van der Waals surface area contributed by atoms with Crippen LogP contribution in [0, 0.1) is 0 Å². The molecule has 0 radical (unpaired) electrons. The molecule has 0 saturated carbocycles. The number of hydrogen-bond acceptors (Lipinski definition) is 3. The second-order valence-electron chi connectivity index (χ2n) is 2.90. The first-order valence-corrected chi connectivity index (χ1v) is 5.06. The Balaban J connectivity index is 2.80. The normalized spacial score (nSPS) is 12.5. The summed E-state index contributed by atoms with van der Waals surface area (Å²) in [6.07, 6.45) is 1.07. The third-order valence-corrected chi connectivity index (χ3v) is 2.60. The lowest BCUT2D eigenvalue weighted by atomic mass is 10.1. The Morgan fingerprint density at radius 3 is 2.92 bits per heavy atom. The van der Waals surface area contributed by atoms with Gasteiger partial charge in [-0.1, -0.05) is 13.8 Å². The molecule has 0 aromatic carbocycles. The smallest absolute Gasteiger partial charge is 0.212 e. The van der Waals surface area contributed by atoms with Crippen LogP contribution in [0.4, 0.5) is 5.13 Å². The number of hydrogen-bond donors (Lipinski definition) is 2. The van der Waals surface area contributed by atoms with Crippen molar-refractivity contribution < 1.29 is 0 Å². The van der Waals surface area contributed by atoms with Gasteiger partial charge in [0.15, 0.2) is 5.96 Å². The molecule has 1 atom stereocenters. The van der Waals surface area contributed by atoms with Crippen molar-refractivity contribution in [3.63, 3.8) is 0 Å². The fourth-order valence-corrected chi connectivity index (χ4v) is 1.70. The first-order chi connectivity index (χ1) is 6.13. The SMILES string of the molecule is CCC(C)c1csc(N=C(N)N)n1. The first-order valence-electron chi connectivity index (χ1n) is 4.18. The summed E-state index contributed by atoms with van der Waals surface area (Å²) in [6.45, 7) is 4.26. The lowest BCUT2D eigenvalue weighted by Gasteiger charge is -2.01. The van der Waals surface area contributed by atoms with Crippen molar-refractivity contribution in [3.05, 3.63) is 11.1 Å². The summed E-state index contributed by atoms with van der Waals surface area (Å²) in [5.74, 6) is 0.532. The van der Waals surface area contributed by atoms with E-state index in [2.05, 4.69) is 23.8 Å². The fraction of sp³-hybridized carbons (Fsp3) is 0.500. The topological polar surface area (TPSA) is 77.3 Å². The number of aliphatic imine (C=N–C) groups is 1. The quantitative estimate of drug-likeness (QED) is 0.571. The van der Waals surface area contributed by atoms with Gasteiger partial charge >= 0.3 is 0 Å². The predicted octanol–water partition coefficient (Wildman–Crippen LogP) is 1.56. The predicted molar refractivity (Wildman–Crippen MR) is 56.3 cm³/mol. The Kier molecular flexibility index (Phi) is 3.25. The van der Waals surface area contributed by atoms with Crippen molar-refractivity contribution in [1.29, 1.82) is 0 Å². The third-order valence-electron chi connectivity index (χ3n) is 1.85. The number of rotatable bonds is 3. The van der Waals surface area contributed by atoms with Crippen molar-refractivity contribution >= 4 is 22.4 Å². The van der Waals surface area contributed by atoms with E-state index in [1.54, 1.807) is 0 Å². The van der Waals surface area contributed by atoms with Gasteiger partial charge in [-0.05, 0) is 12.3 Å². The maximum atomic E-state index is 5.24. The average molecular weight is 198 g/mol. The molecule has 1 aromatic rings. The number of aromatic nitrogens is 1. The van der Waals surface area contributed by atoms with Gasteiger partial charge in [0, 0.05) is 5.38 Å². The Morgan fingerprint density at radius 2 is 2.38 bits per heavy atom. The van der Waals surface area contributed by atoms with Crippen molar-refractivity contribution in [2.75, 3.05) is 0 Å². The van der Waals surface area contributed by atoms with Gasteiger partial charge in [0.05, 0.1) is 5.69 Å². The van der Waals surface area contributed by atoms with Crippen molar-refractivity contribution in [2.24, 2.45) is 16.5 Å². The Labute approximate surface area is 81.7 Å². The van der Waals surface area contributed by atoms with Gasteiger partial charge in [-0.2, -0.15) is 4.99 Å². The molecule has 5 heteroatoms. The minimum atomic E-state index is 0.0602. The Bertz CT molecular complexity index is 301. The minimum absolute atomic E-state index is 0.0602. The second-order valence-corrected chi connectivity index (χ2v) is 3.74. The van der Waals surface area contributed by atoms with Crippen LogP contribution in [-0.2, 0) is 0 Å². The van der Waals surface area contributed by atoms with Gasteiger partial charge in [-0.15, -0.1) is 11.3 Å². The van der Waals surface area contributed by atoms with Gasteiger partial charge in [0.25, 0.3) is 0 Å². The molecular weight excluding hydrogens is 184 g/mol. The molecule has 4 nitrogen and oxygen atoms in total. The zero-order valence-corrected chi connectivity index (χ0v) is 8.64. The van der Waals surface area contributed by atoms with E-state index in [0.717, 1.165) is 12.1 Å². The molecule has 0 fully saturated rings. The highest BCUT2D eigenvalue weighted by Gasteiger charge is 2.07. The highest BCUT2D eigenvalue weighted by atomic mass is 32.1. The lowest BCUT2D eigenvalue weighted by Crippen LogP contribution is -2.21. The molecule has 1 rings (SSSR count). The van der Waals surface area contributed by atoms with E-state index in [4.69, 9.17) is 11.5 Å². The minimum Gasteiger partial charge on any atom is -0.370 e. The summed E-state index contributed by atoms with van der Waals surface area (Å²) in [7, 11) is 0. The van der Waals surface area contributed by atoms with E-state index in [1.807, 2.05) is 5.38 Å². The average Bonchev–Trinajstić information content (AvgIpc) is 2.50. The maximum absolute atomic E-state index is 5.24. The molecule has 0 aliphatic carbocycles. The number of nitrogens with zero attached hydrogens (tertiary/aromatic N) is 2. The highest BCUT2D eigenvalue weighted by Crippen LogP contribution is 2.25. The molecule has 0 bridgehead atoms. The standard InChI is InChI=1S/C8H14N4S/c1-3-5(2)6-4-13-8(11-6)12-7(9)10/h4-5H,3H2,1-2H3,(H4,9,10,11,12). The first kappa shape index (κ1) is 9.98. The fourth-order valence-electron chi connectivity index (χ4n) is 0.873. The Morgan fingerprint density at radius 1 is 1.69 bits per heavy atom. The van der Waals surface area contributed by atoms with Crippen LogP contribution >= 0.6 is 11.3 Å². The summed E-state index contributed by atoms with van der Waals surface area (Å²) >= 11 is 1.46. The summed E-state index contributed by atoms with van der Waals surface area (Å²) < 4.78 is 0. The zero-order valence-electron chi connectivity index (χ0n) is 7.82. The molecule has 1 heterocycles. The molecule has 0 spiro atoms. The van der Waals surface area contributed by atoms with E-state index in [0.29, 0.717) is 11.0 Å². The largest absolute Gasteiger partial charge is 0.370 e. The molecule has 13 heavy (non-hydrogen) atoms. The molecule has 0 saturated heterocycles. The molecule has 0 amide bonds. The molecule has 0 aliphatic rings. The van der Waals surface area contributed by atoms with Gasteiger partial charge in [-0.25, -0.2) is 4.98 Å². The summed E-state index contributed by atoms with van der Waals surface area (Å²) in [5, 5.41) is 2.63. The second kappa shape index (κ2) is 4.23. The van der Waals surface area contributed by atoms with E-state index in [1.165, 1.54) is 11.3 Å². The molecule has 4 N–H and O–H groups in total. The molecule has 1 unspecified atom stereocenters. The van der Waals surface area contributed by atoms with Gasteiger partial charge in [0.1, 0.15) is 0 Å². The van der Waals surface area contributed by atoms with Gasteiger partial charge < -0.3 is 11.5 Å². The maximum Gasteiger partial charge on any atom is 0.212 e. The number of thiazole rings is 1. The van der Waals surface area contributed by atoms with Crippen LogP contribution in [-0.4, -0.2) is 10.9 Å². The van der Waals surface area contributed by atoms with Crippen LogP contribution < -0.4 is 11.5 Å². The number of guanidine groups is 1. The van der Waals surface area contributed by atoms with Crippen LogP contribution in [0.1, 0.15) is 31.9 Å². The molecule has 72 valence electrons. The number of nitrogens with two attached hydrogens (primary N) is 2. The van der Waals surface area contributed by atoms with E-state index in [9.17, 15) is 0 Å². The summed E-state index contributed by atoms with van der Waals surface area (Å²) in [5.41, 5.74) is 11.5. The van der Waals surface area contributed by atoms with Crippen LogP contribution in [0.25, 0.3) is 0 Å². The Hall–Kier alpha value is -1.10. The molecule has 0 aliphatic heterocycles. The van der Waals surface area contributed by atoms with Crippen molar-refractivity contribution in [1.82, 2.24) is 4.98 Å². The van der Waals surface area contributed by atoms with Crippen LogP contribution in [0.3, 0.4) is 0 Å². The van der Waals surface area contributed by atoms with Crippen molar-refractivity contribution in [2.45, 2.75) is 26.2 Å². The zero-order chi connectivity index (χ0) is 9.84. The van der Waals surface area contributed by atoms with E-state index in [-0.39, 0.29) is 5.96 Å². The van der Waals surface area contributed by atoms with Crippen molar-refractivity contribution in [3.8, 4) is 0 Å². The van der Waals surface area contributed by atoms with Crippen LogP contribution in [0.2, 0.25) is 0 Å². The monoisotopic (exact) mass is 198 g/mol. The van der Waals surface area contributed by atoms with Gasteiger partial charge in [0.2, 0.25) is 5.13 Å². The van der Waals surface area contributed by atoms with Gasteiger partial charge in [-0.3, -0.25) is 0 Å². The third kappa shape index (κ3) is 2.69. The van der Waals surface area contributed by atoms with Crippen LogP contribution in [0.15, 0.2) is 10.4 Å².